The van der Waals surface area contributed by atoms with Crippen molar-refractivity contribution >= 4 is 5.97 Å². The van der Waals surface area contributed by atoms with E-state index in [4.69, 9.17) is 14.2 Å². The maximum Gasteiger partial charge on any atom is 0.326 e. The fourth-order valence-corrected chi connectivity index (χ4v) is 1.42. The molecule has 0 spiro atoms. The van der Waals surface area contributed by atoms with Crippen molar-refractivity contribution in [3.8, 4) is 0 Å². The van der Waals surface area contributed by atoms with Gasteiger partial charge in [0.25, 0.3) is 0 Å². The maximum atomic E-state index is 11.8. The van der Waals surface area contributed by atoms with Gasteiger partial charge in [0.2, 0.25) is 0 Å². The lowest BCUT2D eigenvalue weighted by atomic mass is 9.99. The van der Waals surface area contributed by atoms with Gasteiger partial charge in [0, 0.05) is 20.3 Å². The first kappa shape index (κ1) is 18.4. The number of esters is 1. The van der Waals surface area contributed by atoms with E-state index in [1.165, 1.54) is 0 Å². The van der Waals surface area contributed by atoms with Gasteiger partial charge in [0.15, 0.2) is 0 Å². The molecule has 0 aromatic rings. The van der Waals surface area contributed by atoms with Crippen LogP contribution in [0.3, 0.4) is 0 Å². The van der Waals surface area contributed by atoms with Crippen LogP contribution in [0.1, 0.15) is 40.5 Å². The third kappa shape index (κ3) is 6.89. The van der Waals surface area contributed by atoms with Crippen LogP contribution >= 0.6 is 0 Å². The van der Waals surface area contributed by atoms with E-state index in [0.717, 1.165) is 6.42 Å². The summed E-state index contributed by atoms with van der Waals surface area (Å²) >= 11 is 0. The zero-order valence-electron chi connectivity index (χ0n) is 13.2. The Morgan fingerprint density at radius 2 is 1.74 bits per heavy atom. The normalized spacial score (nSPS) is 15.1. The van der Waals surface area contributed by atoms with Gasteiger partial charge in [0.05, 0.1) is 12.2 Å². The van der Waals surface area contributed by atoms with Crippen molar-refractivity contribution in [3.63, 3.8) is 0 Å². The molecule has 0 heterocycles. The Morgan fingerprint density at radius 3 is 2.21 bits per heavy atom. The van der Waals surface area contributed by atoms with E-state index < -0.39 is 5.54 Å². The SMILES string of the molecule is CCOC(=O)C(C)(CCOCCC(C)(C)OC)NC. The van der Waals surface area contributed by atoms with Gasteiger partial charge in [-0.1, -0.05) is 0 Å². The molecule has 1 atom stereocenters. The molecule has 5 heteroatoms. The van der Waals surface area contributed by atoms with Crippen molar-refractivity contribution in [1.29, 1.82) is 0 Å². The summed E-state index contributed by atoms with van der Waals surface area (Å²) in [4.78, 5) is 11.8. The second-order valence-electron chi connectivity index (χ2n) is 5.38. The first-order valence-corrected chi connectivity index (χ1v) is 6.80. The predicted molar refractivity (Wildman–Crippen MR) is 75.2 cm³/mol. The van der Waals surface area contributed by atoms with Gasteiger partial charge in [0.1, 0.15) is 5.54 Å². The summed E-state index contributed by atoms with van der Waals surface area (Å²) in [5.74, 6) is -0.238. The first-order valence-electron chi connectivity index (χ1n) is 6.80. The Hall–Kier alpha value is -0.650. The molecule has 0 radical (unpaired) electrons. The maximum absolute atomic E-state index is 11.8. The standard InChI is InChI=1S/C14H29NO4/c1-7-19-12(16)14(4,15-5)9-11-18-10-8-13(2,3)17-6/h15H,7-11H2,1-6H3. The van der Waals surface area contributed by atoms with E-state index in [1.54, 1.807) is 21.1 Å². The molecule has 19 heavy (non-hydrogen) atoms. The monoisotopic (exact) mass is 275 g/mol. The van der Waals surface area contributed by atoms with Gasteiger partial charge in [-0.15, -0.1) is 0 Å². The van der Waals surface area contributed by atoms with E-state index in [-0.39, 0.29) is 11.6 Å². The van der Waals surface area contributed by atoms with E-state index in [1.807, 2.05) is 20.8 Å². The molecule has 0 saturated carbocycles. The molecule has 0 aromatic heterocycles. The molecule has 0 bridgehead atoms. The molecule has 114 valence electrons. The van der Waals surface area contributed by atoms with Crippen molar-refractivity contribution in [1.82, 2.24) is 5.32 Å². The lowest BCUT2D eigenvalue weighted by Gasteiger charge is -2.27. The molecule has 0 amide bonds. The third-order valence-corrected chi connectivity index (χ3v) is 3.43. The van der Waals surface area contributed by atoms with Crippen LogP contribution in [-0.2, 0) is 19.0 Å². The quantitative estimate of drug-likeness (QED) is 0.486. The van der Waals surface area contributed by atoms with Crippen molar-refractivity contribution in [2.24, 2.45) is 0 Å². The summed E-state index contributed by atoms with van der Waals surface area (Å²) < 4.78 is 15.9. The van der Waals surface area contributed by atoms with Crippen LogP contribution in [0, 0.1) is 0 Å². The highest BCUT2D eigenvalue weighted by Crippen LogP contribution is 2.14. The number of carbonyl (C=O) groups excluding carboxylic acids is 1. The van der Waals surface area contributed by atoms with Crippen LogP contribution in [0.4, 0.5) is 0 Å². The predicted octanol–water partition coefficient (Wildman–Crippen LogP) is 1.75. The highest BCUT2D eigenvalue weighted by Gasteiger charge is 2.32. The molecule has 1 N–H and O–H groups in total. The van der Waals surface area contributed by atoms with Gasteiger partial charge >= 0.3 is 5.97 Å². The molecule has 0 rings (SSSR count). The molecular weight excluding hydrogens is 246 g/mol. The highest BCUT2D eigenvalue weighted by atomic mass is 16.5. The summed E-state index contributed by atoms with van der Waals surface area (Å²) in [6.07, 6.45) is 1.40. The molecule has 0 aliphatic carbocycles. The number of hydrogen-bond acceptors (Lipinski definition) is 5. The number of ether oxygens (including phenoxy) is 3. The minimum absolute atomic E-state index is 0.173. The molecular formula is C14H29NO4. The average Bonchev–Trinajstić information content (AvgIpc) is 2.38. The highest BCUT2D eigenvalue weighted by molar-refractivity contribution is 5.80. The van der Waals surface area contributed by atoms with Gasteiger partial charge in [-0.3, -0.25) is 4.79 Å². The fraction of sp³-hybridized carbons (Fsp3) is 0.929. The van der Waals surface area contributed by atoms with Crippen LogP contribution in [0.2, 0.25) is 0 Å². The second-order valence-corrected chi connectivity index (χ2v) is 5.38. The first-order chi connectivity index (χ1) is 8.81. The second kappa shape index (κ2) is 8.51. The van der Waals surface area contributed by atoms with E-state index >= 15 is 0 Å². The lowest BCUT2D eigenvalue weighted by molar-refractivity contribution is -0.151. The van der Waals surface area contributed by atoms with Gasteiger partial charge in [-0.05, 0) is 47.6 Å². The van der Waals surface area contributed by atoms with Crippen molar-refractivity contribution in [3.05, 3.63) is 0 Å². The fourth-order valence-electron chi connectivity index (χ4n) is 1.42. The van der Waals surface area contributed by atoms with Crippen LogP contribution in [-0.4, -0.2) is 51.1 Å². The van der Waals surface area contributed by atoms with Gasteiger partial charge in [-0.25, -0.2) is 0 Å². The Bertz CT molecular complexity index is 268. The summed E-state index contributed by atoms with van der Waals surface area (Å²) in [6.45, 7) is 9.18. The van der Waals surface area contributed by atoms with Gasteiger partial charge < -0.3 is 19.5 Å². The third-order valence-electron chi connectivity index (χ3n) is 3.43. The molecule has 0 aliphatic heterocycles. The molecule has 0 aromatic carbocycles. The van der Waals surface area contributed by atoms with E-state index in [2.05, 4.69) is 5.32 Å². The number of likely N-dealkylation sites (N-methyl/N-ethyl adjacent to an activating group) is 1. The molecule has 1 unspecified atom stereocenters. The largest absolute Gasteiger partial charge is 0.465 e. The van der Waals surface area contributed by atoms with Crippen LogP contribution < -0.4 is 5.32 Å². The van der Waals surface area contributed by atoms with Crippen LogP contribution in [0.5, 0.6) is 0 Å². The summed E-state index contributed by atoms with van der Waals surface area (Å²) in [5, 5.41) is 3.00. The van der Waals surface area contributed by atoms with Crippen molar-refractivity contribution in [2.75, 3.05) is 34.0 Å². The van der Waals surface area contributed by atoms with E-state index in [0.29, 0.717) is 26.2 Å². The number of carbonyl (C=O) groups is 1. The van der Waals surface area contributed by atoms with Gasteiger partial charge in [-0.2, -0.15) is 0 Å². The minimum Gasteiger partial charge on any atom is -0.465 e. The summed E-state index contributed by atoms with van der Waals surface area (Å²) in [6, 6.07) is 0. The zero-order valence-corrected chi connectivity index (χ0v) is 13.2. The number of nitrogens with one attached hydrogen (secondary N) is 1. The molecule has 5 nitrogen and oxygen atoms in total. The molecule has 0 aliphatic rings. The van der Waals surface area contributed by atoms with Crippen molar-refractivity contribution < 1.29 is 19.0 Å². The number of methoxy groups -OCH3 is 1. The Labute approximate surface area is 117 Å². The molecule has 0 saturated heterocycles. The Morgan fingerprint density at radius 1 is 1.16 bits per heavy atom. The lowest BCUT2D eigenvalue weighted by Crippen LogP contribution is -2.49. The number of hydrogen-bond donors (Lipinski definition) is 1. The van der Waals surface area contributed by atoms with E-state index in [9.17, 15) is 4.79 Å². The number of rotatable bonds is 10. The molecule has 0 fully saturated rings. The van der Waals surface area contributed by atoms with Crippen LogP contribution in [0.15, 0.2) is 0 Å². The van der Waals surface area contributed by atoms with Crippen LogP contribution in [0.25, 0.3) is 0 Å². The van der Waals surface area contributed by atoms with Crippen molar-refractivity contribution in [2.45, 2.75) is 51.7 Å². The Kier molecular flexibility index (Phi) is 8.22. The summed E-state index contributed by atoms with van der Waals surface area (Å²) in [5.41, 5.74) is -0.861. The zero-order chi connectivity index (χ0) is 14.9. The smallest absolute Gasteiger partial charge is 0.326 e. The topological polar surface area (TPSA) is 56.8 Å². The average molecular weight is 275 g/mol. The minimum atomic E-state index is -0.688. The summed E-state index contributed by atoms with van der Waals surface area (Å²) in [7, 11) is 3.45. The Balaban J connectivity index is 4.00.